The summed E-state index contributed by atoms with van der Waals surface area (Å²) in [6.07, 6.45) is 1.44. The molecule has 1 atom stereocenters. The van der Waals surface area contributed by atoms with Crippen molar-refractivity contribution in [2.75, 3.05) is 7.11 Å². The third kappa shape index (κ3) is 2.44. The lowest BCUT2D eigenvalue weighted by atomic mass is 10.3. The van der Waals surface area contributed by atoms with Crippen molar-refractivity contribution in [1.29, 1.82) is 0 Å². The predicted molar refractivity (Wildman–Crippen MR) is 76.5 cm³/mol. The lowest BCUT2D eigenvalue weighted by Crippen LogP contribution is -2.06. The summed E-state index contributed by atoms with van der Waals surface area (Å²) in [7, 11) is 1.55. The van der Waals surface area contributed by atoms with Crippen LogP contribution in [0.25, 0.3) is 11.2 Å². The van der Waals surface area contributed by atoms with Crippen LogP contribution in [0.2, 0.25) is 0 Å². The van der Waals surface area contributed by atoms with Gasteiger partial charge in [0.25, 0.3) is 0 Å². The number of methoxy groups -OCH3 is 1. The highest BCUT2D eigenvalue weighted by Gasteiger charge is 2.20. The SMILES string of the molecule is COc1ncnc2c1nc(C(C)Cl)n2Cc1cc(C)no1. The first-order valence-electron chi connectivity index (χ1n) is 6.41. The van der Waals surface area contributed by atoms with Crippen LogP contribution in [0.1, 0.15) is 29.6 Å². The molecule has 21 heavy (non-hydrogen) atoms. The van der Waals surface area contributed by atoms with E-state index in [4.69, 9.17) is 20.9 Å². The highest BCUT2D eigenvalue weighted by molar-refractivity contribution is 6.20. The van der Waals surface area contributed by atoms with Crippen LogP contribution >= 0.6 is 11.6 Å². The van der Waals surface area contributed by atoms with Gasteiger partial charge in [-0.05, 0) is 13.8 Å². The molecule has 0 aliphatic heterocycles. The molecule has 0 spiro atoms. The van der Waals surface area contributed by atoms with E-state index in [9.17, 15) is 0 Å². The maximum absolute atomic E-state index is 6.23. The van der Waals surface area contributed by atoms with E-state index in [1.54, 1.807) is 7.11 Å². The molecule has 3 heterocycles. The highest BCUT2D eigenvalue weighted by atomic mass is 35.5. The lowest BCUT2D eigenvalue weighted by Gasteiger charge is -2.07. The Morgan fingerprint density at radius 3 is 2.86 bits per heavy atom. The fourth-order valence-electron chi connectivity index (χ4n) is 2.19. The number of imidazole rings is 1. The molecule has 0 saturated heterocycles. The normalized spacial score (nSPS) is 12.8. The topological polar surface area (TPSA) is 78.9 Å². The zero-order chi connectivity index (χ0) is 15.0. The molecule has 0 amide bonds. The van der Waals surface area contributed by atoms with Crippen molar-refractivity contribution in [2.24, 2.45) is 0 Å². The molecule has 3 aromatic rings. The van der Waals surface area contributed by atoms with Crippen LogP contribution in [0.15, 0.2) is 16.9 Å². The first-order chi connectivity index (χ1) is 10.1. The van der Waals surface area contributed by atoms with Gasteiger partial charge < -0.3 is 13.8 Å². The van der Waals surface area contributed by atoms with E-state index < -0.39 is 0 Å². The van der Waals surface area contributed by atoms with Crippen molar-refractivity contribution < 1.29 is 9.26 Å². The molecule has 0 saturated carbocycles. The molecule has 110 valence electrons. The quantitative estimate of drug-likeness (QED) is 0.689. The van der Waals surface area contributed by atoms with Crippen LogP contribution in [-0.2, 0) is 6.54 Å². The van der Waals surface area contributed by atoms with E-state index in [2.05, 4.69) is 20.1 Å². The Kier molecular flexibility index (Phi) is 3.50. The second kappa shape index (κ2) is 5.33. The van der Waals surface area contributed by atoms with Crippen LogP contribution < -0.4 is 4.74 Å². The zero-order valence-corrected chi connectivity index (χ0v) is 12.6. The van der Waals surface area contributed by atoms with Gasteiger partial charge in [0.05, 0.1) is 24.7 Å². The first-order valence-corrected chi connectivity index (χ1v) is 6.85. The van der Waals surface area contributed by atoms with E-state index in [-0.39, 0.29) is 5.38 Å². The maximum Gasteiger partial charge on any atom is 0.245 e. The summed E-state index contributed by atoms with van der Waals surface area (Å²) >= 11 is 6.23. The van der Waals surface area contributed by atoms with Gasteiger partial charge in [-0.2, -0.15) is 4.98 Å². The monoisotopic (exact) mass is 307 g/mol. The molecule has 0 aliphatic rings. The second-order valence-electron chi connectivity index (χ2n) is 4.66. The van der Waals surface area contributed by atoms with Gasteiger partial charge in [0, 0.05) is 6.07 Å². The van der Waals surface area contributed by atoms with E-state index in [0.717, 1.165) is 5.69 Å². The smallest absolute Gasteiger partial charge is 0.245 e. The minimum absolute atomic E-state index is 0.284. The van der Waals surface area contributed by atoms with Crippen LogP contribution in [0.4, 0.5) is 0 Å². The second-order valence-corrected chi connectivity index (χ2v) is 5.32. The number of fused-ring (bicyclic) bond motifs is 1. The average molecular weight is 308 g/mol. The molecule has 3 rings (SSSR count). The molecule has 0 N–H and O–H groups in total. The van der Waals surface area contributed by atoms with Crippen LogP contribution in [0, 0.1) is 6.92 Å². The molecule has 1 unspecified atom stereocenters. The molecule has 3 aromatic heterocycles. The highest BCUT2D eigenvalue weighted by Crippen LogP contribution is 2.28. The fourth-order valence-corrected chi connectivity index (χ4v) is 2.35. The van der Waals surface area contributed by atoms with Gasteiger partial charge in [-0.3, -0.25) is 0 Å². The van der Waals surface area contributed by atoms with E-state index in [1.165, 1.54) is 6.33 Å². The summed E-state index contributed by atoms with van der Waals surface area (Å²) in [4.78, 5) is 12.9. The molecule has 0 radical (unpaired) electrons. The molecule has 0 aromatic carbocycles. The number of aryl methyl sites for hydroxylation is 1. The summed E-state index contributed by atoms with van der Waals surface area (Å²) in [5.74, 6) is 1.81. The molecular weight excluding hydrogens is 294 g/mol. The lowest BCUT2D eigenvalue weighted by molar-refractivity contribution is 0.372. The molecule has 0 bridgehead atoms. The average Bonchev–Trinajstić information content (AvgIpc) is 3.03. The number of aromatic nitrogens is 5. The van der Waals surface area contributed by atoms with Crippen LogP contribution in [-0.4, -0.2) is 31.8 Å². The Morgan fingerprint density at radius 2 is 2.24 bits per heavy atom. The van der Waals surface area contributed by atoms with Gasteiger partial charge in [0.15, 0.2) is 16.9 Å². The van der Waals surface area contributed by atoms with Crippen molar-refractivity contribution >= 4 is 22.8 Å². The molecule has 8 heteroatoms. The van der Waals surface area contributed by atoms with Crippen molar-refractivity contribution in [1.82, 2.24) is 24.7 Å². The largest absolute Gasteiger partial charge is 0.479 e. The van der Waals surface area contributed by atoms with Gasteiger partial charge in [0.2, 0.25) is 5.88 Å². The maximum atomic E-state index is 6.23. The van der Waals surface area contributed by atoms with E-state index in [1.807, 2.05) is 24.5 Å². The Bertz CT molecular complexity index is 780. The summed E-state index contributed by atoms with van der Waals surface area (Å²) in [6, 6.07) is 1.87. The van der Waals surface area contributed by atoms with E-state index in [0.29, 0.717) is 35.2 Å². The number of rotatable bonds is 4. The van der Waals surface area contributed by atoms with Gasteiger partial charge in [-0.15, -0.1) is 11.6 Å². The Balaban J connectivity index is 2.16. The number of hydrogen-bond acceptors (Lipinski definition) is 6. The standard InChI is InChI=1S/C13H14ClN5O2/c1-7-4-9(21-18-7)5-19-11(8(2)14)17-10-12(19)15-6-16-13(10)20-3/h4,6,8H,5H2,1-3H3. The Labute approximate surface area is 125 Å². The Morgan fingerprint density at radius 1 is 1.43 bits per heavy atom. The molecular formula is C13H14ClN5O2. The number of nitrogens with zero attached hydrogens (tertiary/aromatic N) is 5. The zero-order valence-electron chi connectivity index (χ0n) is 11.9. The third-order valence-electron chi connectivity index (χ3n) is 3.07. The van der Waals surface area contributed by atoms with Gasteiger partial charge in [-0.25, -0.2) is 9.97 Å². The third-order valence-corrected chi connectivity index (χ3v) is 3.26. The molecule has 0 aliphatic carbocycles. The van der Waals surface area contributed by atoms with Crippen LogP contribution in [0.3, 0.4) is 0 Å². The minimum atomic E-state index is -0.284. The van der Waals surface area contributed by atoms with Gasteiger partial charge in [0.1, 0.15) is 12.2 Å². The minimum Gasteiger partial charge on any atom is -0.479 e. The summed E-state index contributed by atoms with van der Waals surface area (Å²) in [5.41, 5.74) is 2.05. The van der Waals surface area contributed by atoms with Gasteiger partial charge in [-0.1, -0.05) is 5.16 Å². The van der Waals surface area contributed by atoms with Crippen molar-refractivity contribution in [3.63, 3.8) is 0 Å². The first kappa shape index (κ1) is 13.8. The van der Waals surface area contributed by atoms with Crippen molar-refractivity contribution in [3.05, 3.63) is 29.7 Å². The number of ether oxygens (including phenoxy) is 1. The van der Waals surface area contributed by atoms with Crippen molar-refractivity contribution in [3.8, 4) is 5.88 Å². The Hall–Kier alpha value is -2.15. The predicted octanol–water partition coefficient (Wildman–Crippen LogP) is 2.48. The molecule has 0 fully saturated rings. The van der Waals surface area contributed by atoms with E-state index >= 15 is 0 Å². The van der Waals surface area contributed by atoms with Crippen molar-refractivity contribution in [2.45, 2.75) is 25.8 Å². The number of alkyl halides is 1. The molecule has 7 nitrogen and oxygen atoms in total. The van der Waals surface area contributed by atoms with Gasteiger partial charge >= 0.3 is 0 Å². The van der Waals surface area contributed by atoms with Crippen LogP contribution in [0.5, 0.6) is 5.88 Å². The number of hydrogen-bond donors (Lipinski definition) is 0. The summed E-state index contributed by atoms with van der Waals surface area (Å²) < 4.78 is 12.4. The summed E-state index contributed by atoms with van der Waals surface area (Å²) in [5, 5.41) is 3.60. The summed E-state index contributed by atoms with van der Waals surface area (Å²) in [6.45, 7) is 4.17. The fraction of sp³-hybridized carbons (Fsp3) is 0.385. The number of halogens is 1.